The second-order valence-corrected chi connectivity index (χ2v) is 2.50. The molecule has 2 N–H and O–H groups in total. The zero-order chi connectivity index (χ0) is 11.8. The predicted octanol–water partition coefficient (Wildman–Crippen LogP) is 0.843. The summed E-state index contributed by atoms with van der Waals surface area (Å²) < 4.78 is 17.0. The summed E-state index contributed by atoms with van der Waals surface area (Å²) in [5.41, 5.74) is -0.380. The fourth-order valence-corrected chi connectivity index (χ4v) is 0.856. The number of aromatic carboxylic acids is 2. The van der Waals surface area contributed by atoms with E-state index in [1.165, 1.54) is 24.3 Å². The molecule has 0 fully saturated rings. The van der Waals surface area contributed by atoms with Crippen molar-refractivity contribution in [2.24, 2.45) is 0 Å². The third-order valence-electron chi connectivity index (χ3n) is 1.39. The molecular formula is C8H6O6Ti. The third kappa shape index (κ3) is 4.48. The average Bonchev–Trinajstić information content (AvgIpc) is 2.19. The molecule has 0 heterocycles. The predicted molar refractivity (Wildman–Crippen MR) is 41.7 cm³/mol. The summed E-state index contributed by atoms with van der Waals surface area (Å²) in [6.45, 7) is 0. The molecule has 0 amide bonds. The van der Waals surface area contributed by atoms with Crippen LogP contribution in [0.2, 0.25) is 0 Å². The second kappa shape index (κ2) is 6.86. The Kier molecular flexibility index (Phi) is 6.16. The van der Waals surface area contributed by atoms with Crippen LogP contribution in [-0.4, -0.2) is 22.2 Å². The van der Waals surface area contributed by atoms with E-state index in [-0.39, 0.29) is 11.1 Å². The molecule has 0 aliphatic heterocycles. The van der Waals surface area contributed by atoms with Gasteiger partial charge in [0.2, 0.25) is 0 Å². The van der Waals surface area contributed by atoms with Gasteiger partial charge in [0.15, 0.2) is 0 Å². The van der Waals surface area contributed by atoms with Gasteiger partial charge in [0.25, 0.3) is 0 Å². The molecule has 0 aliphatic rings. The van der Waals surface area contributed by atoms with Crippen LogP contribution < -0.4 is 0 Å². The van der Waals surface area contributed by atoms with Gasteiger partial charge in [-0.3, -0.25) is 0 Å². The van der Waals surface area contributed by atoms with E-state index < -0.39 is 31.0 Å². The quantitative estimate of drug-likeness (QED) is 0.748. The van der Waals surface area contributed by atoms with Gasteiger partial charge in [0.1, 0.15) is 0 Å². The summed E-state index contributed by atoms with van der Waals surface area (Å²) in [5, 5.41) is 17.1. The number of hydrogen-bond acceptors (Lipinski definition) is 4. The fourth-order valence-electron chi connectivity index (χ4n) is 0.856. The molecule has 0 radical (unpaired) electrons. The van der Waals surface area contributed by atoms with E-state index in [2.05, 4.69) is 0 Å². The van der Waals surface area contributed by atoms with E-state index in [0.29, 0.717) is 0 Å². The van der Waals surface area contributed by atoms with Crippen LogP contribution in [0.3, 0.4) is 0 Å². The number of rotatable bonds is 2. The van der Waals surface area contributed by atoms with Crippen LogP contribution in [-0.2, 0) is 25.7 Å². The fraction of sp³-hybridized carbons (Fsp3) is 0. The number of carbonyl (C=O) groups is 2. The maximum absolute atomic E-state index is 10.5. The number of carboxylic acid groups (broad SMARTS) is 2. The molecule has 1 aromatic rings. The van der Waals surface area contributed by atoms with E-state index in [4.69, 9.17) is 16.9 Å². The van der Waals surface area contributed by atoms with E-state index in [9.17, 15) is 9.59 Å². The summed E-state index contributed by atoms with van der Waals surface area (Å²) in [7, 11) is 0. The van der Waals surface area contributed by atoms with Crippen LogP contribution in [0.4, 0.5) is 0 Å². The molecule has 0 saturated carbocycles. The molecule has 1 rings (SSSR count). The van der Waals surface area contributed by atoms with Crippen molar-refractivity contribution in [2.75, 3.05) is 0 Å². The summed E-state index contributed by atoms with van der Waals surface area (Å²) in [6, 6.07) is 5.48. The average molecular weight is 246 g/mol. The van der Waals surface area contributed by atoms with Crippen LogP contribution >= 0.6 is 0 Å². The normalized spacial score (nSPS) is 8.00. The van der Waals surface area contributed by atoms with Crippen molar-refractivity contribution in [1.29, 1.82) is 0 Å². The minimum atomic E-state index is -2.00. The SMILES string of the molecule is O=C(O)c1ccccc1C(=O)O.[O]=[Ti]=[O]. The third-order valence-corrected chi connectivity index (χ3v) is 1.39. The number of carboxylic acids is 2. The van der Waals surface area contributed by atoms with Crippen molar-refractivity contribution in [3.63, 3.8) is 0 Å². The molecule has 0 aromatic heterocycles. The van der Waals surface area contributed by atoms with Crippen molar-refractivity contribution in [2.45, 2.75) is 0 Å². The molecule has 0 bridgehead atoms. The molecule has 6 nitrogen and oxygen atoms in total. The first kappa shape index (κ1) is 13.5. The zero-order valence-corrected chi connectivity index (χ0v) is 8.90. The zero-order valence-electron chi connectivity index (χ0n) is 7.34. The summed E-state index contributed by atoms with van der Waals surface area (Å²) in [6.07, 6.45) is 0. The Bertz CT molecular complexity index is 374. The Labute approximate surface area is 93.1 Å². The summed E-state index contributed by atoms with van der Waals surface area (Å²) in [5.74, 6) is -2.46. The Morgan fingerprint density at radius 3 is 1.40 bits per heavy atom. The maximum atomic E-state index is 10.5. The summed E-state index contributed by atoms with van der Waals surface area (Å²) >= 11 is -2.00. The first-order valence-corrected chi connectivity index (χ1v) is 4.87. The van der Waals surface area contributed by atoms with Crippen LogP contribution in [0.5, 0.6) is 0 Å². The molecule has 78 valence electrons. The molecule has 7 heteroatoms. The molecule has 0 saturated heterocycles. The van der Waals surface area contributed by atoms with Crippen LogP contribution in [0.15, 0.2) is 24.3 Å². The Hall–Kier alpha value is -1.53. The first-order valence-electron chi connectivity index (χ1n) is 3.59. The number of hydrogen-bond donors (Lipinski definition) is 2. The van der Waals surface area contributed by atoms with Crippen LogP contribution in [0.25, 0.3) is 0 Å². The van der Waals surface area contributed by atoms with Gasteiger partial charge in [-0.1, -0.05) is 12.1 Å². The number of benzene rings is 1. The van der Waals surface area contributed by atoms with Crippen molar-refractivity contribution in [3.8, 4) is 0 Å². The Balaban J connectivity index is 0.000000583. The standard InChI is InChI=1S/C8H6O4.2O.Ti/c9-7(10)5-3-1-2-4-6(5)8(11)12;;;/h1-4H,(H,9,10)(H,11,12);;;. The van der Waals surface area contributed by atoms with Crippen LogP contribution in [0.1, 0.15) is 20.7 Å². The van der Waals surface area contributed by atoms with E-state index >= 15 is 0 Å². The van der Waals surface area contributed by atoms with Gasteiger partial charge in [-0.2, -0.15) is 0 Å². The Morgan fingerprint density at radius 1 is 0.933 bits per heavy atom. The minimum absolute atomic E-state index is 0.190. The van der Waals surface area contributed by atoms with Gasteiger partial charge >= 0.3 is 37.7 Å². The van der Waals surface area contributed by atoms with Gasteiger partial charge in [-0.15, -0.1) is 0 Å². The molecule has 0 unspecified atom stereocenters. The van der Waals surface area contributed by atoms with Crippen molar-refractivity contribution < 1.29 is 45.5 Å². The van der Waals surface area contributed by atoms with Gasteiger partial charge in [-0.05, 0) is 12.1 Å². The van der Waals surface area contributed by atoms with Gasteiger partial charge in [-0.25, -0.2) is 9.59 Å². The van der Waals surface area contributed by atoms with Crippen LogP contribution in [0, 0.1) is 0 Å². The molecular weight excluding hydrogens is 240 g/mol. The van der Waals surface area contributed by atoms with E-state index in [0.717, 1.165) is 0 Å². The Morgan fingerprint density at radius 2 is 1.20 bits per heavy atom. The van der Waals surface area contributed by atoms with Crippen molar-refractivity contribution in [1.82, 2.24) is 0 Å². The summed E-state index contributed by atoms with van der Waals surface area (Å²) in [4.78, 5) is 20.9. The molecule has 15 heavy (non-hydrogen) atoms. The molecule has 0 atom stereocenters. The second-order valence-electron chi connectivity index (χ2n) is 2.24. The van der Waals surface area contributed by atoms with E-state index in [1.807, 2.05) is 0 Å². The van der Waals surface area contributed by atoms with Crippen molar-refractivity contribution in [3.05, 3.63) is 35.4 Å². The molecule has 1 aromatic carbocycles. The monoisotopic (exact) mass is 246 g/mol. The van der Waals surface area contributed by atoms with Gasteiger partial charge in [0, 0.05) is 0 Å². The first-order chi connectivity index (χ1) is 7.04. The van der Waals surface area contributed by atoms with Crippen molar-refractivity contribution >= 4 is 11.9 Å². The molecule has 0 aliphatic carbocycles. The van der Waals surface area contributed by atoms with E-state index in [1.54, 1.807) is 0 Å². The van der Waals surface area contributed by atoms with Gasteiger partial charge < -0.3 is 10.2 Å². The topological polar surface area (TPSA) is 109 Å². The van der Waals surface area contributed by atoms with Gasteiger partial charge in [0.05, 0.1) is 11.1 Å². The molecule has 0 spiro atoms.